The van der Waals surface area contributed by atoms with Gasteiger partial charge < -0.3 is 24.8 Å². The van der Waals surface area contributed by atoms with E-state index in [-0.39, 0.29) is 24.0 Å². The van der Waals surface area contributed by atoms with Gasteiger partial charge >= 0.3 is 0 Å². The molecule has 1 aliphatic rings. The Balaban J connectivity index is 0.00000338. The SMILES string of the molecule is CCNC(=NCCc1c(OC)cc(OC)cc1OC)NC1CC=CC1.I. The maximum atomic E-state index is 5.49. The van der Waals surface area contributed by atoms with Crippen LogP contribution in [0.25, 0.3) is 0 Å². The van der Waals surface area contributed by atoms with Gasteiger partial charge in [-0.1, -0.05) is 12.2 Å². The lowest BCUT2D eigenvalue weighted by atomic mass is 10.1. The van der Waals surface area contributed by atoms with Gasteiger partial charge in [-0.2, -0.15) is 0 Å². The molecule has 0 radical (unpaired) electrons. The van der Waals surface area contributed by atoms with Gasteiger partial charge in [0, 0.05) is 36.8 Å². The first-order valence-corrected chi connectivity index (χ1v) is 8.70. The minimum absolute atomic E-state index is 0. The van der Waals surface area contributed by atoms with E-state index in [1.165, 1.54) is 0 Å². The second-order valence-electron chi connectivity index (χ2n) is 5.81. The molecule has 1 aromatic carbocycles. The molecule has 0 aliphatic heterocycles. The number of ether oxygens (including phenoxy) is 3. The number of guanidine groups is 1. The largest absolute Gasteiger partial charge is 0.496 e. The van der Waals surface area contributed by atoms with Crippen LogP contribution in [0.2, 0.25) is 0 Å². The molecule has 6 nitrogen and oxygen atoms in total. The van der Waals surface area contributed by atoms with Crippen molar-refractivity contribution < 1.29 is 14.2 Å². The Morgan fingerprint density at radius 1 is 1.08 bits per heavy atom. The lowest BCUT2D eigenvalue weighted by molar-refractivity contribution is 0.369. The van der Waals surface area contributed by atoms with Crippen LogP contribution < -0.4 is 24.8 Å². The molecule has 146 valence electrons. The number of halogens is 1. The van der Waals surface area contributed by atoms with E-state index in [2.05, 4.69) is 34.7 Å². The number of rotatable bonds is 8. The molecule has 1 aromatic rings. The fourth-order valence-corrected chi connectivity index (χ4v) is 2.85. The zero-order valence-electron chi connectivity index (χ0n) is 16.0. The van der Waals surface area contributed by atoms with Crippen molar-refractivity contribution in [3.05, 3.63) is 29.8 Å². The number of hydrogen-bond donors (Lipinski definition) is 2. The minimum atomic E-state index is 0. The van der Waals surface area contributed by atoms with Crippen LogP contribution in [0.3, 0.4) is 0 Å². The van der Waals surface area contributed by atoms with E-state index < -0.39 is 0 Å². The predicted octanol–water partition coefficient (Wildman–Crippen LogP) is 3.15. The second kappa shape index (κ2) is 11.9. The van der Waals surface area contributed by atoms with E-state index in [1.54, 1.807) is 21.3 Å². The van der Waals surface area contributed by atoms with Gasteiger partial charge in [-0.05, 0) is 26.2 Å². The second-order valence-corrected chi connectivity index (χ2v) is 5.81. The normalized spacial score (nSPS) is 13.9. The summed E-state index contributed by atoms with van der Waals surface area (Å²) in [4.78, 5) is 4.69. The van der Waals surface area contributed by atoms with Crippen molar-refractivity contribution in [2.24, 2.45) is 4.99 Å². The molecule has 0 unspecified atom stereocenters. The Bertz CT molecular complexity index is 587. The van der Waals surface area contributed by atoms with E-state index in [4.69, 9.17) is 14.2 Å². The van der Waals surface area contributed by atoms with Crippen LogP contribution in [0.1, 0.15) is 25.3 Å². The quantitative estimate of drug-likeness (QED) is 0.262. The molecule has 0 heterocycles. The molecule has 0 saturated carbocycles. The molecule has 7 heteroatoms. The highest BCUT2D eigenvalue weighted by Crippen LogP contribution is 2.34. The molecule has 0 aromatic heterocycles. The Morgan fingerprint density at radius 2 is 1.69 bits per heavy atom. The summed E-state index contributed by atoms with van der Waals surface area (Å²) in [6.45, 7) is 3.54. The molecule has 1 aliphatic carbocycles. The van der Waals surface area contributed by atoms with Gasteiger partial charge in [-0.15, -0.1) is 24.0 Å². The van der Waals surface area contributed by atoms with Crippen LogP contribution in [-0.4, -0.2) is 46.4 Å². The van der Waals surface area contributed by atoms with Gasteiger partial charge in [-0.3, -0.25) is 4.99 Å². The molecule has 0 atom stereocenters. The first-order valence-electron chi connectivity index (χ1n) is 8.70. The van der Waals surface area contributed by atoms with E-state index in [0.29, 0.717) is 18.3 Å². The summed E-state index contributed by atoms with van der Waals surface area (Å²) in [6.07, 6.45) is 7.22. The third-order valence-corrected chi connectivity index (χ3v) is 4.14. The van der Waals surface area contributed by atoms with Crippen molar-refractivity contribution in [1.82, 2.24) is 10.6 Å². The van der Waals surface area contributed by atoms with Gasteiger partial charge in [0.05, 0.1) is 21.3 Å². The summed E-state index contributed by atoms with van der Waals surface area (Å²) in [5.74, 6) is 3.07. The van der Waals surface area contributed by atoms with E-state index in [0.717, 1.165) is 48.8 Å². The van der Waals surface area contributed by atoms with Crippen LogP contribution in [0.4, 0.5) is 0 Å². The van der Waals surface area contributed by atoms with Crippen LogP contribution in [0.15, 0.2) is 29.3 Å². The van der Waals surface area contributed by atoms with Gasteiger partial charge in [0.25, 0.3) is 0 Å². The lowest BCUT2D eigenvalue weighted by Gasteiger charge is -2.17. The smallest absolute Gasteiger partial charge is 0.191 e. The van der Waals surface area contributed by atoms with Gasteiger partial charge in [0.15, 0.2) is 5.96 Å². The van der Waals surface area contributed by atoms with E-state index in [9.17, 15) is 0 Å². The Kier molecular flexibility index (Phi) is 10.2. The number of hydrogen-bond acceptors (Lipinski definition) is 4. The lowest BCUT2D eigenvalue weighted by Crippen LogP contribution is -2.42. The molecule has 0 spiro atoms. The summed E-state index contributed by atoms with van der Waals surface area (Å²) in [5, 5.41) is 6.77. The zero-order chi connectivity index (χ0) is 18.1. The van der Waals surface area contributed by atoms with Crippen LogP contribution >= 0.6 is 24.0 Å². The van der Waals surface area contributed by atoms with Gasteiger partial charge in [0.2, 0.25) is 0 Å². The zero-order valence-corrected chi connectivity index (χ0v) is 18.3. The topological polar surface area (TPSA) is 64.1 Å². The fraction of sp³-hybridized carbons (Fsp3) is 0.526. The van der Waals surface area contributed by atoms with Crippen molar-refractivity contribution in [3.63, 3.8) is 0 Å². The maximum absolute atomic E-state index is 5.49. The predicted molar refractivity (Wildman–Crippen MR) is 116 cm³/mol. The summed E-state index contributed by atoms with van der Waals surface area (Å²) in [7, 11) is 4.93. The molecule has 0 saturated heterocycles. The first-order chi connectivity index (χ1) is 12.2. The van der Waals surface area contributed by atoms with Crippen molar-refractivity contribution in [3.8, 4) is 17.2 Å². The van der Waals surface area contributed by atoms with Crippen molar-refractivity contribution in [1.29, 1.82) is 0 Å². The van der Waals surface area contributed by atoms with Gasteiger partial charge in [0.1, 0.15) is 17.2 Å². The summed E-state index contributed by atoms with van der Waals surface area (Å²) in [6, 6.07) is 4.17. The maximum Gasteiger partial charge on any atom is 0.191 e. The van der Waals surface area contributed by atoms with Crippen molar-refractivity contribution >= 4 is 29.9 Å². The highest BCUT2D eigenvalue weighted by molar-refractivity contribution is 14.0. The third-order valence-electron chi connectivity index (χ3n) is 4.14. The molecular weight excluding hydrogens is 445 g/mol. The number of methoxy groups -OCH3 is 3. The summed E-state index contributed by atoms with van der Waals surface area (Å²) in [5.41, 5.74) is 0.993. The number of nitrogens with zero attached hydrogens (tertiary/aromatic N) is 1. The average Bonchev–Trinajstić information content (AvgIpc) is 3.14. The number of nitrogens with one attached hydrogen (secondary N) is 2. The summed E-state index contributed by atoms with van der Waals surface area (Å²) < 4.78 is 16.3. The Labute approximate surface area is 173 Å². The van der Waals surface area contributed by atoms with Crippen LogP contribution in [0, 0.1) is 0 Å². The monoisotopic (exact) mass is 475 g/mol. The van der Waals surface area contributed by atoms with Crippen molar-refractivity contribution in [2.75, 3.05) is 34.4 Å². The highest BCUT2D eigenvalue weighted by atomic mass is 127. The molecule has 26 heavy (non-hydrogen) atoms. The molecular formula is C19H30IN3O3. The molecule has 0 fully saturated rings. The Morgan fingerprint density at radius 3 is 2.19 bits per heavy atom. The molecule has 2 N–H and O–H groups in total. The van der Waals surface area contributed by atoms with E-state index >= 15 is 0 Å². The fourth-order valence-electron chi connectivity index (χ4n) is 2.85. The first kappa shape index (κ1) is 22.4. The summed E-state index contributed by atoms with van der Waals surface area (Å²) >= 11 is 0. The van der Waals surface area contributed by atoms with Crippen LogP contribution in [0.5, 0.6) is 17.2 Å². The van der Waals surface area contributed by atoms with Gasteiger partial charge in [-0.25, -0.2) is 0 Å². The van der Waals surface area contributed by atoms with Crippen LogP contribution in [-0.2, 0) is 6.42 Å². The van der Waals surface area contributed by atoms with Crippen molar-refractivity contribution in [2.45, 2.75) is 32.2 Å². The third kappa shape index (κ3) is 6.26. The minimum Gasteiger partial charge on any atom is -0.496 e. The molecule has 0 bridgehead atoms. The molecule has 0 amide bonds. The number of benzene rings is 1. The highest BCUT2D eigenvalue weighted by Gasteiger charge is 2.14. The average molecular weight is 475 g/mol. The number of aliphatic imine (C=N–C) groups is 1. The standard InChI is InChI=1S/C19H29N3O3.HI/c1-5-20-19(22-14-8-6-7-9-14)21-11-10-16-17(24-3)12-15(23-2)13-18(16)25-4;/h6-7,12-14H,5,8-11H2,1-4H3,(H2,20,21,22);1H. The van der Waals surface area contributed by atoms with E-state index in [1.807, 2.05) is 12.1 Å². The Hall–Kier alpha value is -1.64. The molecule has 2 rings (SSSR count).